The van der Waals surface area contributed by atoms with Gasteiger partial charge in [0.15, 0.2) is 0 Å². The lowest BCUT2D eigenvalue weighted by Gasteiger charge is -2.34. The van der Waals surface area contributed by atoms with Crippen LogP contribution in [0.3, 0.4) is 0 Å². The smallest absolute Gasteiger partial charge is 0.270 e. The zero-order valence-corrected chi connectivity index (χ0v) is 10.5. The zero-order valence-electron chi connectivity index (χ0n) is 10.5. The number of anilines is 1. The van der Waals surface area contributed by atoms with Crippen molar-refractivity contribution in [2.45, 2.75) is 19.4 Å². The number of alkyl halides is 2. The number of benzene rings is 1. The van der Waals surface area contributed by atoms with Crippen LogP contribution < -0.4 is 10.2 Å². The molecule has 0 radical (unpaired) electrons. The molecule has 5 nitrogen and oxygen atoms in total. The Morgan fingerprint density at radius 1 is 1.53 bits per heavy atom. The second kappa shape index (κ2) is 5.48. The van der Waals surface area contributed by atoms with Crippen LogP contribution in [-0.4, -0.2) is 30.6 Å². The molecule has 104 valence electrons. The number of nitrogens with one attached hydrogen (secondary N) is 1. The molecule has 2 rings (SSSR count). The van der Waals surface area contributed by atoms with Crippen molar-refractivity contribution in [1.29, 1.82) is 0 Å². The Balaban J connectivity index is 2.36. The Hall–Kier alpha value is -1.76. The lowest BCUT2D eigenvalue weighted by atomic mass is 10.1. The number of hydrogen-bond donors (Lipinski definition) is 1. The van der Waals surface area contributed by atoms with Gasteiger partial charge in [0.05, 0.1) is 4.92 Å². The van der Waals surface area contributed by atoms with Crippen LogP contribution in [-0.2, 0) is 0 Å². The summed E-state index contributed by atoms with van der Waals surface area (Å²) in [5.41, 5.74) is -0.195. The predicted molar refractivity (Wildman–Crippen MR) is 67.7 cm³/mol. The molecule has 1 N–H and O–H groups in total. The van der Waals surface area contributed by atoms with Gasteiger partial charge in [-0.25, -0.2) is 8.78 Å². The summed E-state index contributed by atoms with van der Waals surface area (Å²) in [7, 11) is 0. The van der Waals surface area contributed by atoms with E-state index in [1.807, 2.05) is 11.8 Å². The quantitative estimate of drug-likeness (QED) is 0.677. The number of nitro groups is 1. The van der Waals surface area contributed by atoms with Gasteiger partial charge >= 0.3 is 0 Å². The summed E-state index contributed by atoms with van der Waals surface area (Å²) in [4.78, 5) is 11.8. The molecule has 0 aliphatic carbocycles. The number of hydrogen-bond acceptors (Lipinski definition) is 4. The van der Waals surface area contributed by atoms with Gasteiger partial charge in [-0.1, -0.05) is 0 Å². The van der Waals surface area contributed by atoms with Crippen LogP contribution >= 0.6 is 0 Å². The SMILES string of the molecule is C[C@H]1CN(c2ccc([N+](=O)[O-])cc2C(F)F)CCN1. The summed E-state index contributed by atoms with van der Waals surface area (Å²) in [5, 5.41) is 13.9. The van der Waals surface area contributed by atoms with Crippen LogP contribution in [0.1, 0.15) is 18.9 Å². The van der Waals surface area contributed by atoms with Gasteiger partial charge in [-0.05, 0) is 13.0 Å². The predicted octanol–water partition coefficient (Wildman–Crippen LogP) is 2.33. The fourth-order valence-corrected chi connectivity index (χ4v) is 2.27. The van der Waals surface area contributed by atoms with Gasteiger partial charge in [-0.15, -0.1) is 0 Å². The largest absolute Gasteiger partial charge is 0.368 e. The molecular formula is C12H15F2N3O2. The first-order valence-electron chi connectivity index (χ1n) is 6.04. The highest BCUT2D eigenvalue weighted by molar-refractivity contribution is 5.59. The van der Waals surface area contributed by atoms with E-state index in [1.165, 1.54) is 12.1 Å². The standard InChI is InChI=1S/C12H15F2N3O2/c1-8-7-16(5-4-15-8)11-3-2-9(17(18)19)6-10(11)12(13)14/h2-3,6,8,12,15H,4-5,7H2,1H3/t8-/m0/s1. The van der Waals surface area contributed by atoms with E-state index in [0.29, 0.717) is 25.3 Å². The van der Waals surface area contributed by atoms with Crippen LogP contribution in [0.15, 0.2) is 18.2 Å². The molecule has 1 atom stereocenters. The molecule has 1 aliphatic heterocycles. The second-order valence-corrected chi connectivity index (χ2v) is 4.60. The van der Waals surface area contributed by atoms with Crippen LogP contribution in [0.5, 0.6) is 0 Å². The highest BCUT2D eigenvalue weighted by Gasteiger charge is 2.24. The Bertz CT molecular complexity index is 482. The first-order chi connectivity index (χ1) is 8.99. The molecule has 0 unspecified atom stereocenters. The van der Waals surface area contributed by atoms with Crippen molar-refractivity contribution in [2.75, 3.05) is 24.5 Å². The van der Waals surface area contributed by atoms with Crippen LogP contribution in [0.25, 0.3) is 0 Å². The normalized spacial score (nSPS) is 19.8. The average Bonchev–Trinajstić information content (AvgIpc) is 2.37. The molecule has 1 aromatic carbocycles. The van der Waals surface area contributed by atoms with Crippen molar-refractivity contribution >= 4 is 11.4 Å². The maximum atomic E-state index is 13.1. The lowest BCUT2D eigenvalue weighted by molar-refractivity contribution is -0.385. The third kappa shape index (κ3) is 2.98. The number of non-ortho nitro benzene ring substituents is 1. The van der Waals surface area contributed by atoms with Gasteiger partial charge in [0, 0.05) is 49.1 Å². The van der Waals surface area contributed by atoms with E-state index in [0.717, 1.165) is 6.07 Å². The summed E-state index contributed by atoms with van der Waals surface area (Å²) in [6.07, 6.45) is -2.72. The van der Waals surface area contributed by atoms with Gasteiger partial charge < -0.3 is 10.2 Å². The van der Waals surface area contributed by atoms with Crippen molar-refractivity contribution in [2.24, 2.45) is 0 Å². The van der Waals surface area contributed by atoms with Crippen LogP contribution in [0.2, 0.25) is 0 Å². The second-order valence-electron chi connectivity index (χ2n) is 4.60. The van der Waals surface area contributed by atoms with Crippen LogP contribution in [0.4, 0.5) is 20.2 Å². The van der Waals surface area contributed by atoms with Gasteiger partial charge in [-0.3, -0.25) is 10.1 Å². The van der Waals surface area contributed by atoms with Crippen LogP contribution in [0, 0.1) is 10.1 Å². The topological polar surface area (TPSA) is 58.4 Å². The summed E-state index contributed by atoms with van der Waals surface area (Å²) in [6.45, 7) is 3.90. The van der Waals surface area contributed by atoms with E-state index in [-0.39, 0.29) is 17.3 Å². The Morgan fingerprint density at radius 3 is 2.84 bits per heavy atom. The Morgan fingerprint density at radius 2 is 2.26 bits per heavy atom. The summed E-state index contributed by atoms with van der Waals surface area (Å²) < 4.78 is 26.1. The summed E-state index contributed by atoms with van der Waals surface area (Å²) in [5.74, 6) is 0. The first kappa shape index (κ1) is 13.7. The maximum Gasteiger partial charge on any atom is 0.270 e. The van der Waals surface area contributed by atoms with Crippen molar-refractivity contribution in [3.8, 4) is 0 Å². The number of nitro benzene ring substituents is 1. The fourth-order valence-electron chi connectivity index (χ4n) is 2.27. The molecular weight excluding hydrogens is 256 g/mol. The van der Waals surface area contributed by atoms with Gasteiger partial charge in [0.1, 0.15) is 0 Å². The molecule has 1 saturated heterocycles. The average molecular weight is 271 g/mol. The van der Waals surface area contributed by atoms with Crippen molar-refractivity contribution in [3.05, 3.63) is 33.9 Å². The molecule has 0 bridgehead atoms. The zero-order chi connectivity index (χ0) is 14.0. The molecule has 1 aromatic rings. The van der Waals surface area contributed by atoms with E-state index >= 15 is 0 Å². The molecule has 0 saturated carbocycles. The Kier molecular flexibility index (Phi) is 3.94. The van der Waals surface area contributed by atoms with Gasteiger partial charge in [0.2, 0.25) is 0 Å². The van der Waals surface area contributed by atoms with E-state index in [2.05, 4.69) is 5.32 Å². The lowest BCUT2D eigenvalue weighted by Crippen LogP contribution is -2.49. The molecule has 1 aliphatic rings. The van der Waals surface area contributed by atoms with Crippen molar-refractivity contribution in [1.82, 2.24) is 5.32 Å². The number of nitrogens with zero attached hydrogens (tertiary/aromatic N) is 2. The number of piperazine rings is 1. The number of rotatable bonds is 3. The maximum absolute atomic E-state index is 13.1. The minimum Gasteiger partial charge on any atom is -0.368 e. The van der Waals surface area contributed by atoms with Gasteiger partial charge in [-0.2, -0.15) is 0 Å². The molecule has 0 amide bonds. The molecule has 0 aromatic heterocycles. The van der Waals surface area contributed by atoms with E-state index in [4.69, 9.17) is 0 Å². The highest BCUT2D eigenvalue weighted by Crippen LogP contribution is 2.33. The first-order valence-corrected chi connectivity index (χ1v) is 6.04. The third-order valence-electron chi connectivity index (χ3n) is 3.17. The minimum absolute atomic E-state index is 0.203. The molecule has 1 fully saturated rings. The van der Waals surface area contributed by atoms with E-state index in [1.54, 1.807) is 0 Å². The third-order valence-corrected chi connectivity index (χ3v) is 3.17. The van der Waals surface area contributed by atoms with Crippen molar-refractivity contribution in [3.63, 3.8) is 0 Å². The molecule has 7 heteroatoms. The van der Waals surface area contributed by atoms with Gasteiger partial charge in [0.25, 0.3) is 12.1 Å². The molecule has 19 heavy (non-hydrogen) atoms. The van der Waals surface area contributed by atoms with E-state index < -0.39 is 11.3 Å². The minimum atomic E-state index is -2.72. The van der Waals surface area contributed by atoms with E-state index in [9.17, 15) is 18.9 Å². The monoisotopic (exact) mass is 271 g/mol. The fraction of sp³-hybridized carbons (Fsp3) is 0.500. The highest BCUT2D eigenvalue weighted by atomic mass is 19.3. The number of halogens is 2. The molecule has 0 spiro atoms. The Labute approximate surface area is 109 Å². The summed E-state index contributed by atoms with van der Waals surface area (Å²) >= 11 is 0. The summed E-state index contributed by atoms with van der Waals surface area (Å²) in [6, 6.07) is 3.85. The molecule has 1 heterocycles. The van der Waals surface area contributed by atoms with Crippen molar-refractivity contribution < 1.29 is 13.7 Å².